The van der Waals surface area contributed by atoms with Gasteiger partial charge in [0, 0.05) is 6.07 Å². The molecule has 0 atom stereocenters. The Bertz CT molecular complexity index is 1340. The predicted octanol–water partition coefficient (Wildman–Crippen LogP) is 2.69. The zero-order valence-electron chi connectivity index (χ0n) is 13.1. The van der Waals surface area contributed by atoms with Gasteiger partial charge in [0.05, 0.1) is 37.0 Å². The minimum absolute atomic E-state index is 0.197. The second kappa shape index (κ2) is 6.56. The van der Waals surface area contributed by atoms with Gasteiger partial charge in [0.1, 0.15) is 10.4 Å². The number of hydrogen-bond donors (Lipinski definition) is 2. The summed E-state index contributed by atoms with van der Waals surface area (Å²) in [6.45, 7) is 0. The van der Waals surface area contributed by atoms with E-state index in [4.69, 9.17) is 27.8 Å². The van der Waals surface area contributed by atoms with E-state index < -0.39 is 46.8 Å². The number of nitrogens with one attached hydrogen (secondary N) is 1. The Kier molecular flexibility index (Phi) is 4.63. The molecule has 3 aromatic rings. The lowest BCUT2D eigenvalue weighted by Crippen LogP contribution is -2.15. The maximum absolute atomic E-state index is 12.6. The van der Waals surface area contributed by atoms with E-state index in [2.05, 4.69) is 5.10 Å². The van der Waals surface area contributed by atoms with Crippen molar-refractivity contribution in [1.82, 2.24) is 9.78 Å². The highest BCUT2D eigenvalue weighted by Crippen LogP contribution is 2.32. The fourth-order valence-corrected chi connectivity index (χ4v) is 3.82. The highest BCUT2D eigenvalue weighted by Gasteiger charge is 2.26. The van der Waals surface area contributed by atoms with Gasteiger partial charge in [-0.3, -0.25) is 34.7 Å². The van der Waals surface area contributed by atoms with Crippen LogP contribution in [0.3, 0.4) is 0 Å². The number of rotatable bonds is 4. The molecule has 0 fully saturated rings. The average Bonchev–Trinajstić information content (AvgIpc) is 2.91. The van der Waals surface area contributed by atoms with Crippen LogP contribution < -0.4 is 5.56 Å². The number of H-pyrrole nitrogens is 1. The Morgan fingerprint density at radius 3 is 2.21 bits per heavy atom. The van der Waals surface area contributed by atoms with E-state index in [1.807, 2.05) is 0 Å². The van der Waals surface area contributed by atoms with Gasteiger partial charge in [-0.2, -0.15) is 8.42 Å². The van der Waals surface area contributed by atoms with Gasteiger partial charge in [-0.25, -0.2) is 4.68 Å². The molecular weight excluding hydrogens is 443 g/mol. The maximum Gasteiger partial charge on any atom is 0.301 e. The second-order valence-electron chi connectivity index (χ2n) is 5.36. The fraction of sp³-hybridized carbons (Fsp3) is 0. The number of halogens is 2. The van der Waals surface area contributed by atoms with Gasteiger partial charge < -0.3 is 0 Å². The van der Waals surface area contributed by atoms with E-state index in [1.165, 1.54) is 0 Å². The summed E-state index contributed by atoms with van der Waals surface area (Å²) in [5.41, 5.74) is -2.84. The van der Waals surface area contributed by atoms with Gasteiger partial charge in [0.2, 0.25) is 0 Å². The third-order valence-corrected chi connectivity index (χ3v) is 5.31. The van der Waals surface area contributed by atoms with Crippen molar-refractivity contribution >= 4 is 55.6 Å². The summed E-state index contributed by atoms with van der Waals surface area (Å²) in [5, 5.41) is 23.4. The molecule has 28 heavy (non-hydrogen) atoms. The monoisotopic (exact) mass is 448 g/mol. The van der Waals surface area contributed by atoms with Crippen LogP contribution in [0.1, 0.15) is 0 Å². The van der Waals surface area contributed by atoms with Crippen LogP contribution in [0, 0.1) is 20.2 Å². The molecule has 0 amide bonds. The molecule has 1 heterocycles. The summed E-state index contributed by atoms with van der Waals surface area (Å²) < 4.78 is 32.4. The Morgan fingerprint density at radius 1 is 1.04 bits per heavy atom. The Balaban J connectivity index is 2.37. The van der Waals surface area contributed by atoms with E-state index in [9.17, 15) is 33.4 Å². The topological polar surface area (TPSA) is 178 Å². The van der Waals surface area contributed by atoms with Crippen LogP contribution in [0.4, 0.5) is 11.4 Å². The summed E-state index contributed by atoms with van der Waals surface area (Å²) in [6, 6.07) is 3.24. The number of aromatic amines is 1. The van der Waals surface area contributed by atoms with Crippen molar-refractivity contribution in [3.63, 3.8) is 0 Å². The number of nitro groups is 2. The first kappa shape index (κ1) is 19.8. The summed E-state index contributed by atoms with van der Waals surface area (Å²) in [6.07, 6.45) is 0. The van der Waals surface area contributed by atoms with Crippen molar-refractivity contribution in [2.75, 3.05) is 0 Å². The van der Waals surface area contributed by atoms with Gasteiger partial charge >= 0.3 is 5.69 Å². The number of nitro benzene ring substituents is 2. The van der Waals surface area contributed by atoms with Gasteiger partial charge in [-0.1, -0.05) is 23.2 Å². The van der Waals surface area contributed by atoms with Crippen molar-refractivity contribution in [3.05, 3.63) is 64.9 Å². The molecule has 2 N–H and O–H groups in total. The Morgan fingerprint density at radius 2 is 1.68 bits per heavy atom. The summed E-state index contributed by atoms with van der Waals surface area (Å²) in [4.78, 5) is 32.3. The molecule has 0 bridgehead atoms. The third-order valence-electron chi connectivity index (χ3n) is 3.69. The first-order valence-corrected chi connectivity index (χ1v) is 9.16. The number of non-ortho nitro benzene ring substituents is 2. The minimum Gasteiger partial charge on any atom is -0.284 e. The standard InChI is InChI=1S/C13H6Cl2N4O8S/c14-7-4-11(28(25,26)27)8(15)3-9(7)17-13(20)6-1-5(18(21)22)2-10(19(23)24)12(6)16-17/h1-4,16H,(H,25,26,27). The zero-order valence-corrected chi connectivity index (χ0v) is 15.4. The molecule has 0 aliphatic rings. The number of nitrogens with zero attached hydrogens (tertiary/aromatic N) is 3. The van der Waals surface area contributed by atoms with Crippen LogP contribution in [0.25, 0.3) is 16.6 Å². The highest BCUT2D eigenvalue weighted by atomic mass is 35.5. The van der Waals surface area contributed by atoms with E-state index in [-0.39, 0.29) is 21.6 Å². The molecule has 0 saturated carbocycles. The number of fused-ring (bicyclic) bond motifs is 1. The van der Waals surface area contributed by atoms with Crippen LogP contribution in [0.2, 0.25) is 10.0 Å². The van der Waals surface area contributed by atoms with Crippen LogP contribution in [0.5, 0.6) is 0 Å². The normalized spacial score (nSPS) is 11.7. The predicted molar refractivity (Wildman–Crippen MR) is 97.0 cm³/mol. The van der Waals surface area contributed by atoms with Crippen molar-refractivity contribution in [2.24, 2.45) is 0 Å². The van der Waals surface area contributed by atoms with E-state index >= 15 is 0 Å². The quantitative estimate of drug-likeness (QED) is 0.347. The number of hydrogen-bond acceptors (Lipinski definition) is 7. The average molecular weight is 449 g/mol. The molecule has 15 heteroatoms. The van der Waals surface area contributed by atoms with Crippen LogP contribution in [-0.4, -0.2) is 32.6 Å². The lowest BCUT2D eigenvalue weighted by molar-refractivity contribution is -0.393. The molecule has 0 aliphatic carbocycles. The molecule has 1 aromatic heterocycles. The second-order valence-corrected chi connectivity index (χ2v) is 7.57. The molecule has 0 unspecified atom stereocenters. The molecule has 0 radical (unpaired) electrons. The SMILES string of the molecule is O=c1c2cc([N+](=O)[O-])cc([N+](=O)[O-])c2[nH]n1-c1cc(Cl)c(S(=O)(=O)O)cc1Cl. The summed E-state index contributed by atoms with van der Waals surface area (Å²) in [7, 11) is -4.70. The van der Waals surface area contributed by atoms with Crippen LogP contribution in [-0.2, 0) is 10.1 Å². The first-order chi connectivity index (χ1) is 12.9. The van der Waals surface area contributed by atoms with Crippen LogP contribution in [0.15, 0.2) is 34.0 Å². The molecule has 12 nitrogen and oxygen atoms in total. The highest BCUT2D eigenvalue weighted by molar-refractivity contribution is 7.86. The van der Waals surface area contributed by atoms with E-state index in [1.54, 1.807) is 0 Å². The van der Waals surface area contributed by atoms with Crippen molar-refractivity contribution < 1.29 is 22.8 Å². The van der Waals surface area contributed by atoms with E-state index in [0.29, 0.717) is 10.7 Å². The van der Waals surface area contributed by atoms with Crippen molar-refractivity contribution in [3.8, 4) is 5.69 Å². The molecule has 0 aliphatic heterocycles. The molecule has 0 spiro atoms. The Hall–Kier alpha value is -3.00. The first-order valence-electron chi connectivity index (χ1n) is 6.96. The van der Waals surface area contributed by atoms with Crippen LogP contribution >= 0.6 is 23.2 Å². The van der Waals surface area contributed by atoms with Gasteiger partial charge in [-0.05, 0) is 12.1 Å². The minimum atomic E-state index is -4.70. The third kappa shape index (κ3) is 3.20. The molecule has 2 aromatic carbocycles. The Labute approximate surface area is 163 Å². The molecule has 0 saturated heterocycles. The van der Waals surface area contributed by atoms with Gasteiger partial charge in [0.15, 0.2) is 0 Å². The largest absolute Gasteiger partial charge is 0.301 e. The van der Waals surface area contributed by atoms with Crippen molar-refractivity contribution in [1.29, 1.82) is 0 Å². The van der Waals surface area contributed by atoms with E-state index in [0.717, 1.165) is 18.2 Å². The molecule has 146 valence electrons. The zero-order chi connectivity index (χ0) is 21.0. The molecular formula is C13H6Cl2N4O8S. The summed E-state index contributed by atoms with van der Waals surface area (Å²) >= 11 is 11.8. The number of benzene rings is 2. The lowest BCUT2D eigenvalue weighted by Gasteiger charge is -2.08. The van der Waals surface area contributed by atoms with Gasteiger partial charge in [0.25, 0.3) is 21.4 Å². The smallest absolute Gasteiger partial charge is 0.284 e. The van der Waals surface area contributed by atoms with Crippen molar-refractivity contribution in [2.45, 2.75) is 4.90 Å². The van der Waals surface area contributed by atoms with Gasteiger partial charge in [-0.15, -0.1) is 0 Å². The lowest BCUT2D eigenvalue weighted by atomic mass is 10.2. The maximum atomic E-state index is 12.6. The fourth-order valence-electron chi connectivity index (χ4n) is 2.49. The number of aromatic nitrogens is 2. The molecule has 3 rings (SSSR count). The summed E-state index contributed by atoms with van der Waals surface area (Å²) in [5.74, 6) is 0.